The van der Waals surface area contributed by atoms with E-state index in [0.717, 1.165) is 17.0 Å². The molecule has 0 saturated heterocycles. The van der Waals surface area contributed by atoms with Gasteiger partial charge in [0.25, 0.3) is 0 Å². The van der Waals surface area contributed by atoms with E-state index >= 15 is 0 Å². The number of aromatic nitrogens is 10. The van der Waals surface area contributed by atoms with Crippen molar-refractivity contribution in [3.05, 3.63) is 46.4 Å². The zero-order chi connectivity index (χ0) is 14.9. The molecule has 0 unspecified atom stereocenters. The maximum absolute atomic E-state index is 6.03. The molecule has 4 aromatic heterocycles. The molecule has 0 atom stereocenters. The van der Waals surface area contributed by atoms with Crippen LogP contribution in [0.15, 0.2) is 18.3 Å². The summed E-state index contributed by atoms with van der Waals surface area (Å²) >= 11 is 6.03. The van der Waals surface area contributed by atoms with E-state index in [1.807, 2.05) is 10.6 Å². The molecule has 0 spiro atoms. The van der Waals surface area contributed by atoms with Gasteiger partial charge in [0, 0.05) is 17.3 Å². The number of halogens is 1. The van der Waals surface area contributed by atoms with Gasteiger partial charge < -0.3 is 4.40 Å². The average Bonchev–Trinajstić information content (AvgIpc) is 3.23. The molecular formula is C11H9ClN10. The normalized spacial score (nSPS) is 11.3. The maximum Gasteiger partial charge on any atom is 0.180 e. The van der Waals surface area contributed by atoms with Crippen LogP contribution in [0.5, 0.6) is 0 Å². The predicted octanol–water partition coefficient (Wildman–Crippen LogP) is 0.195. The van der Waals surface area contributed by atoms with Crippen molar-refractivity contribution < 1.29 is 0 Å². The SMILES string of the molecule is Clc1ccn2c(Cc3nn[nH]n3)c(Cc3nn[nH]n3)nc2c1. The second kappa shape index (κ2) is 5.15. The van der Waals surface area contributed by atoms with Crippen LogP contribution in [-0.4, -0.2) is 50.6 Å². The minimum atomic E-state index is 0.447. The molecule has 0 amide bonds. The fourth-order valence-corrected chi connectivity index (χ4v) is 2.42. The molecule has 0 aliphatic rings. The van der Waals surface area contributed by atoms with Crippen LogP contribution in [0.3, 0.4) is 0 Å². The van der Waals surface area contributed by atoms with Crippen molar-refractivity contribution in [3.8, 4) is 0 Å². The summed E-state index contributed by atoms with van der Waals surface area (Å²) in [5.41, 5.74) is 2.48. The van der Waals surface area contributed by atoms with Crippen molar-refractivity contribution >= 4 is 17.2 Å². The fraction of sp³-hybridized carbons (Fsp3) is 0.182. The van der Waals surface area contributed by atoms with E-state index in [1.54, 1.807) is 12.1 Å². The van der Waals surface area contributed by atoms with Gasteiger partial charge in [-0.1, -0.05) is 22.0 Å². The molecule has 0 aliphatic carbocycles. The molecule has 22 heavy (non-hydrogen) atoms. The third-order valence-electron chi connectivity index (χ3n) is 3.20. The van der Waals surface area contributed by atoms with Crippen LogP contribution in [0.25, 0.3) is 5.65 Å². The summed E-state index contributed by atoms with van der Waals surface area (Å²) in [6, 6.07) is 3.59. The molecule has 110 valence electrons. The minimum absolute atomic E-state index is 0.447. The van der Waals surface area contributed by atoms with Crippen molar-refractivity contribution in [1.82, 2.24) is 50.6 Å². The Morgan fingerprint density at radius 1 is 1.05 bits per heavy atom. The summed E-state index contributed by atoms with van der Waals surface area (Å²) in [4.78, 5) is 4.60. The van der Waals surface area contributed by atoms with E-state index < -0.39 is 0 Å². The number of fused-ring (bicyclic) bond motifs is 1. The van der Waals surface area contributed by atoms with Crippen LogP contribution >= 0.6 is 11.6 Å². The smallest absolute Gasteiger partial charge is 0.180 e. The van der Waals surface area contributed by atoms with Gasteiger partial charge in [0.2, 0.25) is 0 Å². The molecule has 0 bridgehead atoms. The first kappa shape index (κ1) is 12.8. The molecule has 4 heterocycles. The Labute approximate surface area is 127 Å². The van der Waals surface area contributed by atoms with Gasteiger partial charge in [0.05, 0.1) is 24.2 Å². The van der Waals surface area contributed by atoms with Crippen molar-refractivity contribution in [3.63, 3.8) is 0 Å². The van der Waals surface area contributed by atoms with Gasteiger partial charge in [-0.3, -0.25) is 0 Å². The fourth-order valence-electron chi connectivity index (χ4n) is 2.26. The van der Waals surface area contributed by atoms with Crippen molar-refractivity contribution in [2.24, 2.45) is 0 Å². The molecule has 2 N–H and O–H groups in total. The first-order chi connectivity index (χ1) is 10.8. The standard InChI is InChI=1S/C11H9ClN10/c12-6-1-2-22-8(5-10-16-20-21-17-10)7(13-11(22)3-6)4-9-14-18-19-15-9/h1-3H,4-5H2,(H,14,15,18,19)(H,16,17,20,21). The van der Waals surface area contributed by atoms with Crippen LogP contribution in [0.1, 0.15) is 23.0 Å². The van der Waals surface area contributed by atoms with Gasteiger partial charge in [0.1, 0.15) is 5.65 Å². The number of hydrogen-bond donors (Lipinski definition) is 2. The topological polar surface area (TPSA) is 126 Å². The van der Waals surface area contributed by atoms with E-state index in [9.17, 15) is 0 Å². The van der Waals surface area contributed by atoms with E-state index in [-0.39, 0.29) is 0 Å². The molecule has 0 aromatic carbocycles. The van der Waals surface area contributed by atoms with Crippen LogP contribution in [0, 0.1) is 0 Å². The zero-order valence-electron chi connectivity index (χ0n) is 11.1. The summed E-state index contributed by atoms with van der Waals surface area (Å²) in [5, 5.41) is 28.5. The molecule has 4 rings (SSSR count). The molecule has 11 heteroatoms. The number of imidazole rings is 1. The Kier molecular flexibility index (Phi) is 3.00. The number of H-pyrrole nitrogens is 2. The molecule has 4 aromatic rings. The lowest BCUT2D eigenvalue weighted by molar-refractivity contribution is 0.881. The van der Waals surface area contributed by atoms with Gasteiger partial charge in [-0.2, -0.15) is 10.4 Å². The molecule has 0 radical (unpaired) electrons. The monoisotopic (exact) mass is 316 g/mol. The Bertz CT molecular complexity index is 895. The quantitative estimate of drug-likeness (QED) is 0.550. The Hall–Kier alpha value is -2.88. The second-order valence-electron chi connectivity index (χ2n) is 4.59. The van der Waals surface area contributed by atoms with Crippen molar-refractivity contribution in [2.75, 3.05) is 0 Å². The highest BCUT2D eigenvalue weighted by molar-refractivity contribution is 6.30. The second-order valence-corrected chi connectivity index (χ2v) is 5.02. The van der Waals surface area contributed by atoms with Crippen molar-refractivity contribution in [1.29, 1.82) is 0 Å². The lowest BCUT2D eigenvalue weighted by atomic mass is 10.2. The highest BCUT2D eigenvalue weighted by Crippen LogP contribution is 2.20. The van der Waals surface area contributed by atoms with Crippen LogP contribution in [0.4, 0.5) is 0 Å². The molecule has 10 nitrogen and oxygen atoms in total. The lowest BCUT2D eigenvalue weighted by Gasteiger charge is -2.01. The predicted molar refractivity (Wildman–Crippen MR) is 74.2 cm³/mol. The number of nitrogens with one attached hydrogen (secondary N) is 2. The number of nitrogens with zero attached hydrogens (tertiary/aromatic N) is 8. The first-order valence-electron chi connectivity index (χ1n) is 6.39. The molecule has 0 fully saturated rings. The summed E-state index contributed by atoms with van der Waals surface area (Å²) in [5.74, 6) is 1.13. The number of rotatable bonds is 4. The summed E-state index contributed by atoms with van der Waals surface area (Å²) in [6.07, 6.45) is 2.79. The summed E-state index contributed by atoms with van der Waals surface area (Å²) in [6.45, 7) is 0. The van der Waals surface area contributed by atoms with Gasteiger partial charge >= 0.3 is 0 Å². The van der Waals surface area contributed by atoms with E-state index in [1.165, 1.54) is 0 Å². The molecule has 0 saturated carbocycles. The van der Waals surface area contributed by atoms with Crippen LogP contribution in [0.2, 0.25) is 5.02 Å². The van der Waals surface area contributed by atoms with Gasteiger partial charge in [0.15, 0.2) is 11.6 Å². The van der Waals surface area contributed by atoms with Crippen LogP contribution in [-0.2, 0) is 12.8 Å². The van der Waals surface area contributed by atoms with E-state index in [4.69, 9.17) is 11.6 Å². The zero-order valence-corrected chi connectivity index (χ0v) is 11.9. The first-order valence-corrected chi connectivity index (χ1v) is 6.77. The number of hydrogen-bond acceptors (Lipinski definition) is 7. The number of tetrazole rings is 2. The van der Waals surface area contributed by atoms with E-state index in [0.29, 0.717) is 29.5 Å². The largest absolute Gasteiger partial charge is 0.303 e. The minimum Gasteiger partial charge on any atom is -0.303 e. The summed E-state index contributed by atoms with van der Waals surface area (Å²) < 4.78 is 1.94. The molecular weight excluding hydrogens is 308 g/mol. The average molecular weight is 317 g/mol. The highest BCUT2D eigenvalue weighted by Gasteiger charge is 2.16. The Morgan fingerprint density at radius 2 is 1.77 bits per heavy atom. The van der Waals surface area contributed by atoms with Gasteiger partial charge in [-0.05, 0) is 6.07 Å². The number of pyridine rings is 1. The summed E-state index contributed by atoms with van der Waals surface area (Å²) in [7, 11) is 0. The Morgan fingerprint density at radius 3 is 2.45 bits per heavy atom. The van der Waals surface area contributed by atoms with Crippen LogP contribution < -0.4 is 0 Å². The third kappa shape index (κ3) is 2.29. The van der Waals surface area contributed by atoms with Gasteiger partial charge in [-0.15, -0.1) is 20.4 Å². The number of aromatic amines is 2. The highest BCUT2D eigenvalue weighted by atomic mass is 35.5. The van der Waals surface area contributed by atoms with E-state index in [2.05, 4.69) is 46.2 Å². The third-order valence-corrected chi connectivity index (χ3v) is 3.43. The maximum atomic E-state index is 6.03. The molecule has 0 aliphatic heterocycles. The van der Waals surface area contributed by atoms with Crippen molar-refractivity contribution in [2.45, 2.75) is 12.8 Å². The Balaban J connectivity index is 1.82. The lowest BCUT2D eigenvalue weighted by Crippen LogP contribution is -2.02. The van der Waals surface area contributed by atoms with Gasteiger partial charge in [-0.25, -0.2) is 4.98 Å².